The van der Waals surface area contributed by atoms with Crippen LogP contribution in [-0.2, 0) is 4.79 Å². The Hall–Kier alpha value is -2.82. The summed E-state index contributed by atoms with van der Waals surface area (Å²) in [7, 11) is 1.60. The highest BCUT2D eigenvalue weighted by Gasteiger charge is 2.46. The van der Waals surface area contributed by atoms with Gasteiger partial charge in [-0.15, -0.1) is 0 Å². The standard InChI is InChI=1S/C22H24N2O3/c1-27-18-9-5-8-17(14-18)21(26)24-12-10-22(11-13-24)15-19(20(25)23-22)16-6-3-2-4-7-16/h2-9,14,19H,10-13,15H2,1H3,(H,23,25)/t19-/m0/s1. The molecular formula is C22H24N2O3. The number of methoxy groups -OCH3 is 1. The molecule has 1 spiro atoms. The predicted molar refractivity (Wildman–Crippen MR) is 103 cm³/mol. The first-order valence-corrected chi connectivity index (χ1v) is 9.40. The highest BCUT2D eigenvalue weighted by atomic mass is 16.5. The summed E-state index contributed by atoms with van der Waals surface area (Å²) in [4.78, 5) is 27.2. The molecule has 0 saturated carbocycles. The maximum Gasteiger partial charge on any atom is 0.253 e. The molecule has 0 bridgehead atoms. The summed E-state index contributed by atoms with van der Waals surface area (Å²) in [6, 6.07) is 17.2. The Morgan fingerprint density at radius 3 is 2.56 bits per heavy atom. The van der Waals surface area contributed by atoms with Crippen molar-refractivity contribution in [3.8, 4) is 5.75 Å². The van der Waals surface area contributed by atoms with Crippen molar-refractivity contribution in [2.45, 2.75) is 30.7 Å². The van der Waals surface area contributed by atoms with E-state index >= 15 is 0 Å². The molecule has 2 aromatic carbocycles. The van der Waals surface area contributed by atoms with E-state index in [4.69, 9.17) is 4.74 Å². The van der Waals surface area contributed by atoms with Gasteiger partial charge >= 0.3 is 0 Å². The topological polar surface area (TPSA) is 58.6 Å². The molecule has 0 radical (unpaired) electrons. The Kier molecular flexibility index (Phi) is 4.60. The zero-order valence-corrected chi connectivity index (χ0v) is 15.5. The summed E-state index contributed by atoms with van der Waals surface area (Å²) >= 11 is 0. The van der Waals surface area contributed by atoms with Gasteiger partial charge in [0, 0.05) is 24.2 Å². The summed E-state index contributed by atoms with van der Waals surface area (Å²) in [6.07, 6.45) is 2.38. The lowest BCUT2D eigenvalue weighted by atomic mass is 9.82. The molecule has 2 aromatic rings. The zero-order chi connectivity index (χ0) is 18.9. The van der Waals surface area contributed by atoms with Crippen molar-refractivity contribution in [2.24, 2.45) is 0 Å². The minimum absolute atomic E-state index is 0.0210. The van der Waals surface area contributed by atoms with Crippen molar-refractivity contribution >= 4 is 11.8 Å². The average Bonchev–Trinajstić information content (AvgIpc) is 3.04. The molecule has 4 rings (SSSR count). The zero-order valence-electron chi connectivity index (χ0n) is 15.5. The van der Waals surface area contributed by atoms with Gasteiger partial charge in [0.25, 0.3) is 5.91 Å². The van der Waals surface area contributed by atoms with Gasteiger partial charge in [0.15, 0.2) is 0 Å². The minimum atomic E-state index is -0.192. The number of likely N-dealkylation sites (tertiary alicyclic amines) is 1. The SMILES string of the molecule is COc1cccc(C(=O)N2CCC3(CC2)C[C@@H](c2ccccc2)C(=O)N3)c1. The largest absolute Gasteiger partial charge is 0.497 e. The van der Waals surface area contributed by atoms with E-state index in [2.05, 4.69) is 5.32 Å². The van der Waals surface area contributed by atoms with Gasteiger partial charge in [-0.1, -0.05) is 36.4 Å². The summed E-state index contributed by atoms with van der Waals surface area (Å²) in [5.41, 5.74) is 1.52. The van der Waals surface area contributed by atoms with Crippen molar-refractivity contribution < 1.29 is 14.3 Å². The summed E-state index contributed by atoms with van der Waals surface area (Å²) in [5, 5.41) is 3.24. The fourth-order valence-electron chi connectivity index (χ4n) is 4.24. The second-order valence-electron chi connectivity index (χ2n) is 7.46. The van der Waals surface area contributed by atoms with Crippen LogP contribution in [-0.4, -0.2) is 42.5 Å². The predicted octanol–water partition coefficient (Wildman–Crippen LogP) is 2.97. The Bertz CT molecular complexity index is 842. The second-order valence-corrected chi connectivity index (χ2v) is 7.46. The summed E-state index contributed by atoms with van der Waals surface area (Å²) < 4.78 is 5.22. The normalized spacial score (nSPS) is 21.1. The van der Waals surface area contributed by atoms with Crippen LogP contribution in [0.1, 0.15) is 41.1 Å². The van der Waals surface area contributed by atoms with Gasteiger partial charge in [0.1, 0.15) is 5.75 Å². The van der Waals surface area contributed by atoms with Crippen LogP contribution >= 0.6 is 0 Å². The van der Waals surface area contributed by atoms with E-state index in [9.17, 15) is 9.59 Å². The van der Waals surface area contributed by atoms with Gasteiger partial charge in [0.2, 0.25) is 5.91 Å². The van der Waals surface area contributed by atoms with Crippen molar-refractivity contribution in [1.29, 1.82) is 0 Å². The van der Waals surface area contributed by atoms with E-state index in [0.29, 0.717) is 24.4 Å². The van der Waals surface area contributed by atoms with Gasteiger partial charge in [0.05, 0.1) is 13.0 Å². The van der Waals surface area contributed by atoms with Crippen molar-refractivity contribution in [3.63, 3.8) is 0 Å². The second kappa shape index (κ2) is 7.06. The van der Waals surface area contributed by atoms with Crippen molar-refractivity contribution in [1.82, 2.24) is 10.2 Å². The third kappa shape index (κ3) is 3.42. The quantitative estimate of drug-likeness (QED) is 0.911. The highest BCUT2D eigenvalue weighted by molar-refractivity contribution is 5.94. The molecule has 2 fully saturated rings. The third-order valence-corrected chi connectivity index (χ3v) is 5.83. The smallest absolute Gasteiger partial charge is 0.253 e. The maximum atomic E-state index is 12.8. The van der Waals surface area contributed by atoms with Gasteiger partial charge in [-0.2, -0.15) is 0 Å². The maximum absolute atomic E-state index is 12.8. The first kappa shape index (κ1) is 17.6. The number of benzene rings is 2. The van der Waals surface area contributed by atoms with Crippen LogP contribution in [0, 0.1) is 0 Å². The molecule has 5 heteroatoms. The van der Waals surface area contributed by atoms with Crippen LogP contribution in [0.2, 0.25) is 0 Å². The average molecular weight is 364 g/mol. The number of hydrogen-bond donors (Lipinski definition) is 1. The van der Waals surface area contributed by atoms with Crippen LogP contribution in [0.25, 0.3) is 0 Å². The summed E-state index contributed by atoms with van der Waals surface area (Å²) in [6.45, 7) is 1.30. The van der Waals surface area contributed by atoms with Gasteiger partial charge in [-0.3, -0.25) is 9.59 Å². The molecule has 2 heterocycles. The number of nitrogens with one attached hydrogen (secondary N) is 1. The Labute approximate surface area is 159 Å². The number of rotatable bonds is 3. The number of piperidine rings is 1. The number of carbonyl (C=O) groups is 2. The van der Waals surface area contributed by atoms with Crippen molar-refractivity contribution in [3.05, 3.63) is 65.7 Å². The van der Waals surface area contributed by atoms with Gasteiger partial charge < -0.3 is 15.0 Å². The van der Waals surface area contributed by atoms with Crippen LogP contribution in [0.3, 0.4) is 0 Å². The Balaban J connectivity index is 1.43. The molecule has 2 amide bonds. The number of ether oxygens (including phenoxy) is 1. The first-order valence-electron chi connectivity index (χ1n) is 9.40. The van der Waals surface area contributed by atoms with Crippen LogP contribution in [0.5, 0.6) is 5.75 Å². The van der Waals surface area contributed by atoms with E-state index < -0.39 is 0 Å². The van der Waals surface area contributed by atoms with Gasteiger partial charge in [-0.05, 0) is 43.0 Å². The third-order valence-electron chi connectivity index (χ3n) is 5.83. The number of amides is 2. The Morgan fingerprint density at radius 2 is 1.85 bits per heavy atom. The van der Waals surface area contributed by atoms with E-state index in [1.807, 2.05) is 53.4 Å². The molecular weight excluding hydrogens is 340 g/mol. The molecule has 1 N–H and O–H groups in total. The molecule has 1 atom stereocenters. The van der Waals surface area contributed by atoms with Crippen LogP contribution in [0.15, 0.2) is 54.6 Å². The van der Waals surface area contributed by atoms with Crippen LogP contribution in [0.4, 0.5) is 0 Å². The molecule has 2 aliphatic rings. The van der Waals surface area contributed by atoms with Gasteiger partial charge in [-0.25, -0.2) is 0 Å². The molecule has 0 aliphatic carbocycles. The van der Waals surface area contributed by atoms with E-state index in [-0.39, 0.29) is 23.3 Å². The molecule has 140 valence electrons. The molecule has 5 nitrogen and oxygen atoms in total. The lowest BCUT2D eigenvalue weighted by Gasteiger charge is -2.39. The van der Waals surface area contributed by atoms with E-state index in [1.165, 1.54) is 0 Å². The molecule has 27 heavy (non-hydrogen) atoms. The van der Waals surface area contributed by atoms with Crippen LogP contribution < -0.4 is 10.1 Å². The number of nitrogens with zero attached hydrogens (tertiary/aromatic N) is 1. The first-order chi connectivity index (χ1) is 13.1. The number of hydrogen-bond acceptors (Lipinski definition) is 3. The Morgan fingerprint density at radius 1 is 1.11 bits per heavy atom. The minimum Gasteiger partial charge on any atom is -0.497 e. The van der Waals surface area contributed by atoms with E-state index in [1.54, 1.807) is 13.2 Å². The monoisotopic (exact) mass is 364 g/mol. The fraction of sp³-hybridized carbons (Fsp3) is 0.364. The molecule has 2 aliphatic heterocycles. The number of carbonyl (C=O) groups excluding carboxylic acids is 2. The van der Waals surface area contributed by atoms with Crippen molar-refractivity contribution in [2.75, 3.05) is 20.2 Å². The fourth-order valence-corrected chi connectivity index (χ4v) is 4.24. The molecule has 2 saturated heterocycles. The highest BCUT2D eigenvalue weighted by Crippen LogP contribution is 2.39. The lowest BCUT2D eigenvalue weighted by molar-refractivity contribution is -0.121. The molecule has 0 unspecified atom stereocenters. The molecule has 0 aromatic heterocycles. The van der Waals surface area contributed by atoms with E-state index in [0.717, 1.165) is 24.8 Å². The lowest BCUT2D eigenvalue weighted by Crippen LogP contribution is -2.52. The summed E-state index contributed by atoms with van der Waals surface area (Å²) in [5.74, 6) is 0.719.